The van der Waals surface area contributed by atoms with Crippen LogP contribution in [0, 0.1) is 5.92 Å². The van der Waals surface area contributed by atoms with Crippen molar-refractivity contribution in [2.75, 3.05) is 39.9 Å². The second-order valence-corrected chi connectivity index (χ2v) is 5.66. The van der Waals surface area contributed by atoms with Gasteiger partial charge < -0.3 is 20.1 Å². The predicted molar refractivity (Wildman–Crippen MR) is 70.2 cm³/mol. The van der Waals surface area contributed by atoms with Crippen LogP contribution >= 0.6 is 0 Å². The zero-order chi connectivity index (χ0) is 12.9. The van der Waals surface area contributed by atoms with Gasteiger partial charge in [0.15, 0.2) is 0 Å². The van der Waals surface area contributed by atoms with Gasteiger partial charge in [-0.3, -0.25) is 0 Å². The number of likely N-dealkylation sites (N-methyl/N-ethyl adjacent to an activating group) is 1. The molecule has 4 heteroatoms. The molecule has 1 fully saturated rings. The molecule has 1 saturated heterocycles. The Morgan fingerprint density at radius 2 is 2.18 bits per heavy atom. The van der Waals surface area contributed by atoms with Gasteiger partial charge in [-0.1, -0.05) is 6.92 Å². The van der Waals surface area contributed by atoms with E-state index in [9.17, 15) is 5.11 Å². The first-order valence-corrected chi connectivity index (χ1v) is 6.66. The van der Waals surface area contributed by atoms with Crippen molar-refractivity contribution in [1.82, 2.24) is 10.2 Å². The van der Waals surface area contributed by atoms with Crippen molar-refractivity contribution in [2.24, 2.45) is 5.92 Å². The maximum atomic E-state index is 9.88. The Bertz CT molecular complexity index is 216. The summed E-state index contributed by atoms with van der Waals surface area (Å²) >= 11 is 0. The molecule has 1 aliphatic heterocycles. The SMILES string of the molecule is CCN(CC1COCCC1NC)CC(C)(C)O. The molecule has 0 spiro atoms. The van der Waals surface area contributed by atoms with Crippen LogP contribution in [0.2, 0.25) is 0 Å². The molecule has 0 radical (unpaired) electrons. The van der Waals surface area contributed by atoms with Crippen LogP contribution in [-0.2, 0) is 4.74 Å². The summed E-state index contributed by atoms with van der Waals surface area (Å²) in [5.41, 5.74) is -0.624. The van der Waals surface area contributed by atoms with E-state index in [-0.39, 0.29) is 0 Å². The quantitative estimate of drug-likeness (QED) is 0.722. The molecule has 0 aromatic heterocycles. The highest BCUT2D eigenvalue weighted by Gasteiger charge is 2.27. The molecule has 0 aromatic rings. The standard InChI is InChI=1S/C13H28N2O2/c1-5-15(10-13(2,3)16)8-11-9-17-7-6-12(11)14-4/h11-12,14,16H,5-10H2,1-4H3. The first-order valence-electron chi connectivity index (χ1n) is 6.66. The number of aliphatic hydroxyl groups is 1. The Labute approximate surface area is 105 Å². The number of hydrogen-bond donors (Lipinski definition) is 2. The molecular formula is C13H28N2O2. The fourth-order valence-electron chi connectivity index (χ4n) is 2.54. The first kappa shape index (κ1) is 14.9. The maximum absolute atomic E-state index is 9.88. The largest absolute Gasteiger partial charge is 0.389 e. The first-order chi connectivity index (χ1) is 7.96. The summed E-state index contributed by atoms with van der Waals surface area (Å²) in [6.45, 7) is 10.2. The van der Waals surface area contributed by atoms with Crippen molar-refractivity contribution >= 4 is 0 Å². The number of hydrogen-bond acceptors (Lipinski definition) is 4. The van der Waals surface area contributed by atoms with Gasteiger partial charge in [0.25, 0.3) is 0 Å². The Hall–Kier alpha value is -0.160. The van der Waals surface area contributed by atoms with Gasteiger partial charge in [-0.15, -0.1) is 0 Å². The smallest absolute Gasteiger partial charge is 0.0718 e. The van der Waals surface area contributed by atoms with Crippen molar-refractivity contribution in [3.05, 3.63) is 0 Å². The third kappa shape index (κ3) is 5.34. The summed E-state index contributed by atoms with van der Waals surface area (Å²) < 4.78 is 5.56. The molecule has 0 aliphatic carbocycles. The number of rotatable bonds is 6. The zero-order valence-corrected chi connectivity index (χ0v) is 11.7. The van der Waals surface area contributed by atoms with Gasteiger partial charge in [-0.05, 0) is 33.9 Å². The molecule has 17 heavy (non-hydrogen) atoms. The second kappa shape index (κ2) is 6.69. The molecule has 0 bridgehead atoms. The van der Waals surface area contributed by atoms with Crippen molar-refractivity contribution in [3.8, 4) is 0 Å². The Morgan fingerprint density at radius 1 is 1.47 bits per heavy atom. The van der Waals surface area contributed by atoms with Crippen molar-refractivity contribution in [3.63, 3.8) is 0 Å². The third-order valence-electron chi connectivity index (χ3n) is 3.40. The van der Waals surface area contributed by atoms with Gasteiger partial charge in [0.1, 0.15) is 0 Å². The van der Waals surface area contributed by atoms with E-state index in [1.807, 2.05) is 20.9 Å². The monoisotopic (exact) mass is 244 g/mol. The highest BCUT2D eigenvalue weighted by Crippen LogP contribution is 2.17. The van der Waals surface area contributed by atoms with Crippen LogP contribution in [0.1, 0.15) is 27.2 Å². The van der Waals surface area contributed by atoms with E-state index >= 15 is 0 Å². The van der Waals surface area contributed by atoms with Crippen molar-refractivity contribution < 1.29 is 9.84 Å². The molecular weight excluding hydrogens is 216 g/mol. The minimum Gasteiger partial charge on any atom is -0.389 e. The molecule has 0 aromatic carbocycles. The second-order valence-electron chi connectivity index (χ2n) is 5.66. The van der Waals surface area contributed by atoms with E-state index in [2.05, 4.69) is 17.1 Å². The highest BCUT2D eigenvalue weighted by atomic mass is 16.5. The van der Waals surface area contributed by atoms with Crippen molar-refractivity contribution in [1.29, 1.82) is 0 Å². The summed E-state index contributed by atoms with van der Waals surface area (Å²) in [7, 11) is 2.02. The van der Waals surface area contributed by atoms with E-state index in [0.29, 0.717) is 12.0 Å². The minimum atomic E-state index is -0.624. The molecule has 102 valence electrons. The van der Waals surface area contributed by atoms with Crippen LogP contribution in [-0.4, -0.2) is 61.5 Å². The van der Waals surface area contributed by atoms with E-state index in [1.165, 1.54) is 0 Å². The van der Waals surface area contributed by atoms with Gasteiger partial charge in [0, 0.05) is 31.7 Å². The zero-order valence-electron chi connectivity index (χ0n) is 11.7. The molecule has 2 N–H and O–H groups in total. The van der Waals surface area contributed by atoms with E-state index in [4.69, 9.17) is 4.74 Å². The maximum Gasteiger partial charge on any atom is 0.0718 e. The predicted octanol–water partition coefficient (Wildman–Crippen LogP) is 0.704. The molecule has 1 rings (SSSR count). The van der Waals surface area contributed by atoms with E-state index in [0.717, 1.165) is 39.3 Å². The van der Waals surface area contributed by atoms with Gasteiger partial charge in [-0.25, -0.2) is 0 Å². The fraction of sp³-hybridized carbons (Fsp3) is 1.00. The van der Waals surface area contributed by atoms with Crippen LogP contribution in [0.15, 0.2) is 0 Å². The van der Waals surface area contributed by atoms with Gasteiger partial charge in [0.2, 0.25) is 0 Å². The summed E-state index contributed by atoms with van der Waals surface area (Å²) in [6, 6.07) is 0.541. The lowest BCUT2D eigenvalue weighted by molar-refractivity contribution is -0.00369. The Balaban J connectivity index is 2.48. The summed E-state index contributed by atoms with van der Waals surface area (Å²) in [4.78, 5) is 2.31. The van der Waals surface area contributed by atoms with Crippen molar-refractivity contribution in [2.45, 2.75) is 38.8 Å². The highest BCUT2D eigenvalue weighted by molar-refractivity contribution is 4.82. The summed E-state index contributed by atoms with van der Waals surface area (Å²) in [5, 5.41) is 13.3. The number of ether oxygens (including phenoxy) is 1. The van der Waals surface area contributed by atoms with Gasteiger partial charge >= 0.3 is 0 Å². The van der Waals surface area contributed by atoms with Crippen LogP contribution < -0.4 is 5.32 Å². The number of nitrogens with one attached hydrogen (secondary N) is 1. The summed E-state index contributed by atoms with van der Waals surface area (Å²) in [5.74, 6) is 0.524. The van der Waals surface area contributed by atoms with Crippen LogP contribution in [0.4, 0.5) is 0 Å². The van der Waals surface area contributed by atoms with Crippen LogP contribution in [0.5, 0.6) is 0 Å². The van der Waals surface area contributed by atoms with Gasteiger partial charge in [0.05, 0.1) is 12.2 Å². The lowest BCUT2D eigenvalue weighted by Gasteiger charge is -2.36. The lowest BCUT2D eigenvalue weighted by Crippen LogP contribution is -2.49. The average Bonchev–Trinajstić information content (AvgIpc) is 2.27. The molecule has 1 aliphatic rings. The molecule has 2 unspecified atom stereocenters. The van der Waals surface area contributed by atoms with E-state index < -0.39 is 5.60 Å². The molecule has 4 nitrogen and oxygen atoms in total. The van der Waals surface area contributed by atoms with Gasteiger partial charge in [-0.2, -0.15) is 0 Å². The third-order valence-corrected chi connectivity index (χ3v) is 3.40. The molecule has 0 amide bonds. The average molecular weight is 244 g/mol. The Morgan fingerprint density at radius 3 is 2.71 bits per heavy atom. The topological polar surface area (TPSA) is 44.7 Å². The molecule has 1 heterocycles. The normalized spacial score (nSPS) is 26.5. The molecule has 2 atom stereocenters. The fourth-order valence-corrected chi connectivity index (χ4v) is 2.54. The lowest BCUT2D eigenvalue weighted by atomic mass is 9.94. The van der Waals surface area contributed by atoms with E-state index in [1.54, 1.807) is 0 Å². The van der Waals surface area contributed by atoms with Crippen LogP contribution in [0.25, 0.3) is 0 Å². The molecule has 0 saturated carbocycles. The van der Waals surface area contributed by atoms with Crippen LogP contribution in [0.3, 0.4) is 0 Å². The number of nitrogens with zero attached hydrogens (tertiary/aromatic N) is 1. The Kier molecular flexibility index (Phi) is 5.86. The minimum absolute atomic E-state index is 0.524. The summed E-state index contributed by atoms with van der Waals surface area (Å²) in [6.07, 6.45) is 1.08.